The molecule has 0 aliphatic heterocycles. The van der Waals surface area contributed by atoms with Crippen molar-refractivity contribution in [3.63, 3.8) is 0 Å². The molecule has 0 spiro atoms. The maximum absolute atomic E-state index is 6.39. The smallest absolute Gasteiger partial charge is 0.146 e. The monoisotopic (exact) mass is 240 g/mol. The van der Waals surface area contributed by atoms with Gasteiger partial charge in [-0.25, -0.2) is 0 Å². The van der Waals surface area contributed by atoms with Gasteiger partial charge in [-0.05, 0) is 23.9 Å². The minimum Gasteiger partial charge on any atom is -0.146 e. The second kappa shape index (κ2) is 6.31. The molecule has 0 saturated carbocycles. The normalized spacial score (nSPS) is 17.1. The van der Waals surface area contributed by atoms with Crippen LogP contribution < -0.4 is 0 Å². The molecule has 0 unspecified atom stereocenters. The summed E-state index contributed by atoms with van der Waals surface area (Å²) in [5, 5.41) is 0. The summed E-state index contributed by atoms with van der Waals surface area (Å²) < 4.78 is 0. The van der Waals surface area contributed by atoms with Gasteiger partial charge in [0.1, 0.15) is 0 Å². The molecule has 0 amide bonds. The maximum atomic E-state index is 6.39. The van der Waals surface area contributed by atoms with Crippen LogP contribution in [-0.4, -0.2) is 6.69 Å². The van der Waals surface area contributed by atoms with E-state index in [1.807, 2.05) is 0 Å². The van der Waals surface area contributed by atoms with Crippen LogP contribution in [-0.2, 0) is 0 Å². The molecule has 0 bridgehead atoms. The van der Waals surface area contributed by atoms with Crippen molar-refractivity contribution in [3.8, 4) is 0 Å². The molecule has 13 heavy (non-hydrogen) atoms. The van der Waals surface area contributed by atoms with Crippen LogP contribution in [0.4, 0.5) is 0 Å². The number of hydrogen-bond donors (Lipinski definition) is 0. The van der Waals surface area contributed by atoms with E-state index in [9.17, 15) is 0 Å². The minimum absolute atomic E-state index is 0.686. The van der Waals surface area contributed by atoms with E-state index in [1.165, 1.54) is 12.8 Å². The summed E-state index contributed by atoms with van der Waals surface area (Å²) >= 11 is 12.8. The fourth-order valence-electron chi connectivity index (χ4n) is 1.39. The van der Waals surface area contributed by atoms with Gasteiger partial charge in [0.15, 0.2) is 0 Å². The molecule has 0 fully saturated rings. The molecule has 0 rings (SSSR count). The van der Waals surface area contributed by atoms with Crippen molar-refractivity contribution in [1.29, 1.82) is 0 Å². The van der Waals surface area contributed by atoms with Crippen LogP contribution in [0.25, 0.3) is 0 Å². The lowest BCUT2D eigenvalue weighted by molar-refractivity contribution is 0.594. The summed E-state index contributed by atoms with van der Waals surface area (Å²) in [7, 11) is 0. The highest BCUT2D eigenvalue weighted by Gasteiger charge is 2.31. The van der Waals surface area contributed by atoms with Crippen LogP contribution in [0, 0.1) is 11.8 Å². The first-order valence-corrected chi connectivity index (χ1v) is 9.72. The summed E-state index contributed by atoms with van der Waals surface area (Å²) in [6.07, 6.45) is 2.38. The Kier molecular flexibility index (Phi) is 6.70. The molecule has 0 nitrogen and oxygen atoms in total. The number of halogens is 2. The molecule has 0 N–H and O–H groups in total. The fourth-order valence-corrected chi connectivity index (χ4v) is 7.34. The highest BCUT2D eigenvalue weighted by Crippen LogP contribution is 2.34. The summed E-state index contributed by atoms with van der Waals surface area (Å²) in [5.41, 5.74) is 0. The van der Waals surface area contributed by atoms with E-state index in [0.29, 0.717) is 11.8 Å². The molecule has 0 aromatic carbocycles. The maximum Gasteiger partial charge on any atom is 0.251 e. The van der Waals surface area contributed by atoms with Crippen molar-refractivity contribution in [3.05, 3.63) is 0 Å². The molecule has 0 heterocycles. The zero-order valence-corrected chi connectivity index (χ0v) is 11.8. The second-order valence-electron chi connectivity index (χ2n) is 4.29. The third kappa shape index (κ3) is 6.81. The first-order chi connectivity index (χ1) is 5.91. The van der Waals surface area contributed by atoms with Crippen molar-refractivity contribution < 1.29 is 0 Å². The molecular formula is C10H22Cl2Si. The Balaban J connectivity index is 3.92. The SMILES string of the molecule is CC[C@H](C)C[Si](Cl)(Cl)C[C@@H](C)CC. The Morgan fingerprint density at radius 2 is 1.23 bits per heavy atom. The third-order valence-electron chi connectivity index (χ3n) is 2.69. The molecule has 3 heteroatoms. The number of rotatable bonds is 6. The summed E-state index contributed by atoms with van der Waals surface area (Å²) in [6.45, 7) is 6.95. The molecule has 0 radical (unpaired) electrons. The Morgan fingerprint density at radius 1 is 0.923 bits per heavy atom. The molecule has 80 valence electrons. The van der Waals surface area contributed by atoms with E-state index in [4.69, 9.17) is 22.2 Å². The summed E-state index contributed by atoms with van der Waals surface area (Å²) in [5.74, 6) is 1.37. The van der Waals surface area contributed by atoms with E-state index in [1.54, 1.807) is 0 Å². The van der Waals surface area contributed by atoms with E-state index in [-0.39, 0.29) is 0 Å². The number of hydrogen-bond acceptors (Lipinski definition) is 0. The lowest BCUT2D eigenvalue weighted by atomic mass is 10.1. The summed E-state index contributed by atoms with van der Waals surface area (Å²) in [4.78, 5) is 0. The minimum atomic E-state index is -1.93. The van der Waals surface area contributed by atoms with E-state index >= 15 is 0 Å². The van der Waals surface area contributed by atoms with Crippen molar-refractivity contribution in [2.24, 2.45) is 11.8 Å². The van der Waals surface area contributed by atoms with Crippen molar-refractivity contribution in [2.45, 2.75) is 52.6 Å². The fraction of sp³-hybridized carbons (Fsp3) is 1.00. The van der Waals surface area contributed by atoms with Gasteiger partial charge in [-0.15, -0.1) is 22.2 Å². The van der Waals surface area contributed by atoms with Crippen molar-refractivity contribution in [2.75, 3.05) is 0 Å². The standard InChI is InChI=1S/C10H22Cl2Si/c1-5-9(3)7-13(11,12)8-10(4)6-2/h9-10H,5-8H2,1-4H3/t9-,10-/m0/s1. The quantitative estimate of drug-likeness (QED) is 0.453. The Hall–Kier alpha value is 0.797. The van der Waals surface area contributed by atoms with E-state index in [2.05, 4.69) is 27.7 Å². The van der Waals surface area contributed by atoms with Crippen LogP contribution in [0.15, 0.2) is 0 Å². The van der Waals surface area contributed by atoms with Crippen molar-refractivity contribution in [1.82, 2.24) is 0 Å². The zero-order chi connectivity index (χ0) is 10.5. The Labute approximate surface area is 93.4 Å². The Bertz CT molecular complexity index is 123. The van der Waals surface area contributed by atoms with Crippen molar-refractivity contribution >= 4 is 28.9 Å². The van der Waals surface area contributed by atoms with Gasteiger partial charge in [0.05, 0.1) is 0 Å². The predicted octanol–water partition coefficient (Wildman–Crippen LogP) is 5.00. The van der Waals surface area contributed by atoms with Gasteiger partial charge in [0.2, 0.25) is 0 Å². The average Bonchev–Trinajstić information content (AvgIpc) is 2.02. The van der Waals surface area contributed by atoms with Gasteiger partial charge in [0, 0.05) is 0 Å². The highest BCUT2D eigenvalue weighted by molar-refractivity contribution is 7.45. The topological polar surface area (TPSA) is 0 Å². The molecule has 0 saturated heterocycles. The van der Waals surface area contributed by atoms with E-state index in [0.717, 1.165) is 12.1 Å². The largest absolute Gasteiger partial charge is 0.251 e. The first kappa shape index (κ1) is 13.8. The van der Waals surface area contributed by atoms with Crippen LogP contribution in [0.5, 0.6) is 0 Å². The van der Waals surface area contributed by atoms with Gasteiger partial charge >= 0.3 is 0 Å². The third-order valence-corrected chi connectivity index (χ3v) is 7.13. The Morgan fingerprint density at radius 3 is 1.46 bits per heavy atom. The van der Waals surface area contributed by atoms with Gasteiger partial charge in [-0.2, -0.15) is 0 Å². The van der Waals surface area contributed by atoms with E-state index < -0.39 is 6.69 Å². The molecule has 0 aliphatic rings. The molecule has 0 aromatic heterocycles. The second-order valence-corrected chi connectivity index (χ2v) is 11.7. The van der Waals surface area contributed by atoms with Crippen LogP contribution in [0.2, 0.25) is 12.1 Å². The van der Waals surface area contributed by atoms with Gasteiger partial charge in [0.25, 0.3) is 6.69 Å². The summed E-state index contributed by atoms with van der Waals surface area (Å²) in [6, 6.07) is 2.11. The van der Waals surface area contributed by atoms with Gasteiger partial charge < -0.3 is 0 Å². The van der Waals surface area contributed by atoms with Crippen LogP contribution in [0.1, 0.15) is 40.5 Å². The lowest BCUT2D eigenvalue weighted by Gasteiger charge is -2.23. The zero-order valence-electron chi connectivity index (χ0n) is 9.24. The lowest BCUT2D eigenvalue weighted by Crippen LogP contribution is -2.24. The molecule has 0 aliphatic carbocycles. The predicted molar refractivity (Wildman–Crippen MR) is 66.0 cm³/mol. The first-order valence-electron chi connectivity index (χ1n) is 5.29. The van der Waals surface area contributed by atoms with Crippen LogP contribution in [0.3, 0.4) is 0 Å². The molecule has 2 atom stereocenters. The van der Waals surface area contributed by atoms with Gasteiger partial charge in [-0.1, -0.05) is 40.5 Å². The van der Waals surface area contributed by atoms with Gasteiger partial charge in [-0.3, -0.25) is 0 Å². The highest BCUT2D eigenvalue weighted by atomic mass is 35.7. The average molecular weight is 241 g/mol. The van der Waals surface area contributed by atoms with Crippen LogP contribution >= 0.6 is 22.2 Å². The molecular weight excluding hydrogens is 219 g/mol. The molecule has 0 aromatic rings.